The molecule has 0 aliphatic heterocycles. The average Bonchev–Trinajstić information content (AvgIpc) is 3.21. The van der Waals surface area contributed by atoms with Crippen molar-refractivity contribution in [3.8, 4) is 5.75 Å². The number of aliphatic hydroxyl groups excluding tert-OH is 1. The molecule has 1 amide bonds. The number of ether oxygens (including phenoxy) is 1. The monoisotopic (exact) mass is 318 g/mol. The van der Waals surface area contributed by atoms with Gasteiger partial charge in [-0.2, -0.15) is 13.2 Å². The molecule has 122 valence electrons. The molecule has 4 N–H and O–H groups in total. The molecule has 0 saturated heterocycles. The van der Waals surface area contributed by atoms with Crippen LogP contribution in [0.4, 0.5) is 13.2 Å². The van der Waals surface area contributed by atoms with Crippen LogP contribution in [0.3, 0.4) is 0 Å². The molecular weight excluding hydrogens is 301 g/mol. The van der Waals surface area contributed by atoms with Crippen molar-refractivity contribution >= 4 is 5.91 Å². The van der Waals surface area contributed by atoms with Gasteiger partial charge < -0.3 is 20.9 Å². The van der Waals surface area contributed by atoms with E-state index in [9.17, 15) is 23.1 Å². The highest BCUT2D eigenvalue weighted by molar-refractivity contribution is 5.88. The van der Waals surface area contributed by atoms with E-state index in [1.165, 1.54) is 12.1 Å². The van der Waals surface area contributed by atoms with Crippen LogP contribution < -0.4 is 15.8 Å². The first kappa shape index (κ1) is 16.6. The van der Waals surface area contributed by atoms with Crippen LogP contribution >= 0.6 is 0 Å². The number of nitrogens with two attached hydrogens (primary N) is 1. The third-order valence-corrected chi connectivity index (χ3v) is 3.36. The van der Waals surface area contributed by atoms with Crippen LogP contribution in [0.2, 0.25) is 0 Å². The van der Waals surface area contributed by atoms with E-state index < -0.39 is 23.4 Å². The number of rotatable bonds is 6. The van der Waals surface area contributed by atoms with E-state index in [1.54, 1.807) is 0 Å². The van der Waals surface area contributed by atoms with E-state index in [-0.39, 0.29) is 24.8 Å². The molecule has 1 unspecified atom stereocenters. The summed E-state index contributed by atoms with van der Waals surface area (Å²) in [6, 6.07) is 4.14. The Hall–Kier alpha value is -1.80. The van der Waals surface area contributed by atoms with Gasteiger partial charge in [-0.3, -0.25) is 4.79 Å². The summed E-state index contributed by atoms with van der Waals surface area (Å²) >= 11 is 0. The first-order valence-corrected chi connectivity index (χ1v) is 6.76. The molecule has 22 heavy (non-hydrogen) atoms. The van der Waals surface area contributed by atoms with E-state index in [1.807, 2.05) is 0 Å². The molecule has 0 heterocycles. The maximum atomic E-state index is 12.4. The maximum Gasteiger partial charge on any atom is 0.416 e. The van der Waals surface area contributed by atoms with Crippen LogP contribution in [-0.2, 0) is 11.0 Å². The summed E-state index contributed by atoms with van der Waals surface area (Å²) < 4.78 is 42.3. The lowest BCUT2D eigenvalue weighted by atomic mass is 10.2. The standard InChI is InChI=1S/C14H17F3N2O3/c15-14(16,17)9-1-3-11(4-2-9)22-8-10(20)7-19-12(21)13(18)5-6-13/h1-4,10,20H,5-8,18H2,(H,19,21). The van der Waals surface area contributed by atoms with Crippen molar-refractivity contribution in [1.29, 1.82) is 0 Å². The minimum absolute atomic E-state index is 0.0293. The second-order valence-corrected chi connectivity index (χ2v) is 5.35. The highest BCUT2D eigenvalue weighted by Crippen LogP contribution is 2.32. The molecule has 0 spiro atoms. The van der Waals surface area contributed by atoms with E-state index >= 15 is 0 Å². The first-order valence-electron chi connectivity index (χ1n) is 6.76. The SMILES string of the molecule is NC1(C(=O)NCC(O)COc2ccc(C(F)(F)F)cc2)CC1. The van der Waals surface area contributed by atoms with Crippen molar-refractivity contribution in [2.75, 3.05) is 13.2 Å². The normalized spacial score (nSPS) is 17.7. The van der Waals surface area contributed by atoms with Gasteiger partial charge in [0, 0.05) is 6.54 Å². The minimum atomic E-state index is -4.40. The number of benzene rings is 1. The number of carbonyl (C=O) groups excluding carboxylic acids is 1. The van der Waals surface area contributed by atoms with Gasteiger partial charge >= 0.3 is 6.18 Å². The molecule has 8 heteroatoms. The molecule has 1 aromatic rings. The second kappa shape index (κ2) is 6.13. The molecule has 2 rings (SSSR count). The summed E-state index contributed by atoms with van der Waals surface area (Å²) in [6.45, 7) is -0.179. The number of amides is 1. The summed E-state index contributed by atoms with van der Waals surface area (Å²) in [7, 11) is 0. The van der Waals surface area contributed by atoms with Gasteiger partial charge in [-0.25, -0.2) is 0 Å². The van der Waals surface area contributed by atoms with Crippen LogP contribution in [-0.4, -0.2) is 35.8 Å². The molecule has 1 aromatic carbocycles. The fourth-order valence-corrected chi connectivity index (χ4v) is 1.74. The second-order valence-electron chi connectivity index (χ2n) is 5.35. The van der Waals surface area contributed by atoms with Crippen molar-refractivity contribution in [1.82, 2.24) is 5.32 Å². The van der Waals surface area contributed by atoms with Gasteiger partial charge in [0.15, 0.2) is 0 Å². The predicted octanol–water partition coefficient (Wildman–Crippen LogP) is 1.05. The fraction of sp³-hybridized carbons (Fsp3) is 0.500. The van der Waals surface area contributed by atoms with Gasteiger partial charge in [0.2, 0.25) is 5.91 Å². The highest BCUT2D eigenvalue weighted by Gasteiger charge is 2.45. The summed E-state index contributed by atoms with van der Waals surface area (Å²) in [6.07, 6.45) is -4.13. The van der Waals surface area contributed by atoms with Gasteiger partial charge in [-0.1, -0.05) is 0 Å². The van der Waals surface area contributed by atoms with Gasteiger partial charge in [-0.05, 0) is 37.1 Å². The lowest BCUT2D eigenvalue weighted by Gasteiger charge is -2.15. The van der Waals surface area contributed by atoms with Crippen LogP contribution in [0.5, 0.6) is 5.75 Å². The Balaban J connectivity index is 1.74. The summed E-state index contributed by atoms with van der Waals surface area (Å²) in [4.78, 5) is 11.5. The predicted molar refractivity (Wildman–Crippen MR) is 72.1 cm³/mol. The fourth-order valence-electron chi connectivity index (χ4n) is 1.74. The Bertz CT molecular complexity index is 527. The van der Waals surface area contributed by atoms with Crippen LogP contribution in [0.1, 0.15) is 18.4 Å². The Morgan fingerprint density at radius 2 is 1.95 bits per heavy atom. The Morgan fingerprint density at radius 1 is 1.36 bits per heavy atom. The number of hydrogen-bond donors (Lipinski definition) is 3. The third kappa shape index (κ3) is 4.35. The van der Waals surface area contributed by atoms with Crippen LogP contribution in [0, 0.1) is 0 Å². The number of nitrogens with one attached hydrogen (secondary N) is 1. The largest absolute Gasteiger partial charge is 0.491 e. The first-order chi connectivity index (χ1) is 10.2. The summed E-state index contributed by atoms with van der Waals surface area (Å²) in [5, 5.41) is 12.2. The molecule has 1 aliphatic carbocycles. The molecule has 1 fully saturated rings. The van der Waals surface area contributed by atoms with Crippen molar-refractivity contribution < 1.29 is 27.8 Å². The zero-order valence-electron chi connectivity index (χ0n) is 11.7. The molecule has 0 radical (unpaired) electrons. The molecule has 1 saturated carbocycles. The minimum Gasteiger partial charge on any atom is -0.491 e. The highest BCUT2D eigenvalue weighted by atomic mass is 19.4. The zero-order chi connectivity index (χ0) is 16.4. The number of carbonyl (C=O) groups is 1. The molecule has 0 bridgehead atoms. The van der Waals surface area contributed by atoms with Crippen LogP contribution in [0.25, 0.3) is 0 Å². The van der Waals surface area contributed by atoms with Crippen molar-refractivity contribution in [2.24, 2.45) is 5.73 Å². The van der Waals surface area contributed by atoms with Gasteiger partial charge in [-0.15, -0.1) is 0 Å². The van der Waals surface area contributed by atoms with Crippen molar-refractivity contribution in [3.63, 3.8) is 0 Å². The lowest BCUT2D eigenvalue weighted by Crippen LogP contribution is -2.46. The van der Waals surface area contributed by atoms with E-state index in [0.29, 0.717) is 12.8 Å². The molecule has 5 nitrogen and oxygen atoms in total. The van der Waals surface area contributed by atoms with Gasteiger partial charge in [0.25, 0.3) is 0 Å². The van der Waals surface area contributed by atoms with Crippen molar-refractivity contribution in [3.05, 3.63) is 29.8 Å². The maximum absolute atomic E-state index is 12.4. The Labute approximate surface area is 125 Å². The van der Waals surface area contributed by atoms with E-state index in [0.717, 1.165) is 12.1 Å². The quantitative estimate of drug-likeness (QED) is 0.732. The third-order valence-electron chi connectivity index (χ3n) is 3.36. The molecular formula is C14H17F3N2O3. The number of halogens is 3. The number of hydrogen-bond acceptors (Lipinski definition) is 4. The summed E-state index contributed by atoms with van der Waals surface area (Å²) in [5.41, 5.74) is 4.09. The zero-order valence-corrected chi connectivity index (χ0v) is 11.7. The van der Waals surface area contributed by atoms with E-state index in [2.05, 4.69) is 5.32 Å². The Morgan fingerprint density at radius 3 is 2.45 bits per heavy atom. The smallest absolute Gasteiger partial charge is 0.416 e. The average molecular weight is 318 g/mol. The van der Waals surface area contributed by atoms with Gasteiger partial charge in [0.1, 0.15) is 18.5 Å². The number of aliphatic hydroxyl groups is 1. The van der Waals surface area contributed by atoms with Crippen molar-refractivity contribution in [2.45, 2.75) is 30.7 Å². The molecule has 0 aromatic heterocycles. The van der Waals surface area contributed by atoms with Crippen LogP contribution in [0.15, 0.2) is 24.3 Å². The molecule has 1 aliphatic rings. The topological polar surface area (TPSA) is 84.6 Å². The van der Waals surface area contributed by atoms with E-state index in [4.69, 9.17) is 10.5 Å². The lowest BCUT2D eigenvalue weighted by molar-refractivity contribution is -0.137. The van der Waals surface area contributed by atoms with Gasteiger partial charge in [0.05, 0.1) is 11.1 Å². The summed E-state index contributed by atoms with van der Waals surface area (Å²) in [5.74, 6) is -0.114. The molecule has 1 atom stereocenters. The number of alkyl halides is 3. The Kier molecular flexibility index (Phi) is 4.62.